The number of benzene rings is 2. The molecule has 2 amide bonds. The van der Waals surface area contributed by atoms with Gasteiger partial charge in [0.1, 0.15) is 18.0 Å². The maximum Gasteiger partial charge on any atom is 0.410 e. The second kappa shape index (κ2) is 13.2. The first-order chi connectivity index (χ1) is 19.8. The summed E-state index contributed by atoms with van der Waals surface area (Å²) < 4.78 is 41.8. The van der Waals surface area contributed by atoms with Crippen LogP contribution in [0.25, 0.3) is 11.1 Å². The molecule has 42 heavy (non-hydrogen) atoms. The Morgan fingerprint density at radius 2 is 1.69 bits per heavy atom. The average Bonchev–Trinajstić information content (AvgIpc) is 2.94. The van der Waals surface area contributed by atoms with Crippen LogP contribution in [0.2, 0.25) is 0 Å². The van der Waals surface area contributed by atoms with Gasteiger partial charge >= 0.3 is 6.09 Å². The van der Waals surface area contributed by atoms with Crippen LogP contribution in [-0.4, -0.2) is 61.9 Å². The van der Waals surface area contributed by atoms with Gasteiger partial charge in [-0.2, -0.15) is 0 Å². The van der Waals surface area contributed by atoms with Crippen molar-refractivity contribution in [3.63, 3.8) is 0 Å². The van der Waals surface area contributed by atoms with Crippen molar-refractivity contribution in [1.82, 2.24) is 14.6 Å². The van der Waals surface area contributed by atoms with Crippen molar-refractivity contribution in [3.8, 4) is 22.8 Å². The second-order valence-corrected chi connectivity index (χ2v) is 13.1. The van der Waals surface area contributed by atoms with Gasteiger partial charge in [-0.15, -0.1) is 0 Å². The van der Waals surface area contributed by atoms with E-state index in [1.807, 2.05) is 61.9 Å². The fourth-order valence-corrected chi connectivity index (χ4v) is 4.81. The molecule has 0 atom stereocenters. The van der Waals surface area contributed by atoms with E-state index >= 15 is 0 Å². The molecule has 0 aliphatic carbocycles. The molecule has 0 radical (unpaired) electrons. The molecule has 2 heterocycles. The van der Waals surface area contributed by atoms with E-state index in [4.69, 9.17) is 14.2 Å². The van der Waals surface area contributed by atoms with Gasteiger partial charge in [-0.05, 0) is 81.0 Å². The molecule has 1 fully saturated rings. The molecule has 3 aromatic rings. The molecule has 2 aromatic carbocycles. The van der Waals surface area contributed by atoms with Crippen LogP contribution in [0.5, 0.6) is 11.6 Å². The van der Waals surface area contributed by atoms with Crippen molar-refractivity contribution in [2.75, 3.05) is 26.0 Å². The first kappa shape index (κ1) is 30.8. The monoisotopic (exact) mass is 595 g/mol. The summed E-state index contributed by atoms with van der Waals surface area (Å²) in [5, 5.41) is 0. The molecule has 4 rings (SSSR count). The quantitative estimate of drug-likeness (QED) is 0.365. The number of rotatable bonds is 9. The summed E-state index contributed by atoms with van der Waals surface area (Å²) >= 11 is 0. The van der Waals surface area contributed by atoms with Crippen LogP contribution in [0.3, 0.4) is 0 Å². The van der Waals surface area contributed by atoms with E-state index in [1.54, 1.807) is 35.4 Å². The molecular formula is C31H37N3O7S. The van der Waals surface area contributed by atoms with Gasteiger partial charge in [0.25, 0.3) is 5.91 Å². The minimum Gasteiger partial charge on any atom is -0.489 e. The van der Waals surface area contributed by atoms with Crippen molar-refractivity contribution in [2.24, 2.45) is 5.92 Å². The molecule has 11 heteroatoms. The number of hydrogen-bond donors (Lipinski definition) is 1. The minimum atomic E-state index is -3.62. The molecule has 0 bridgehead atoms. The third-order valence-corrected chi connectivity index (χ3v) is 7.09. The number of aromatic nitrogens is 1. The van der Waals surface area contributed by atoms with Crippen LogP contribution < -0.4 is 14.2 Å². The normalized spacial score (nSPS) is 14.2. The Hall–Kier alpha value is -4.12. The topological polar surface area (TPSA) is 124 Å². The molecule has 1 N–H and O–H groups in total. The fraction of sp³-hybridized carbons (Fsp3) is 0.387. The van der Waals surface area contributed by atoms with Crippen molar-refractivity contribution in [1.29, 1.82) is 0 Å². The number of carbonyl (C=O) groups is 2. The smallest absolute Gasteiger partial charge is 0.410 e. The van der Waals surface area contributed by atoms with Gasteiger partial charge in [0.15, 0.2) is 0 Å². The van der Waals surface area contributed by atoms with Crippen LogP contribution in [0, 0.1) is 5.92 Å². The number of carbonyl (C=O) groups excluding carboxylic acids is 2. The predicted octanol–water partition coefficient (Wildman–Crippen LogP) is 5.04. The average molecular weight is 596 g/mol. The van der Waals surface area contributed by atoms with E-state index in [2.05, 4.69) is 4.98 Å². The Kier molecular flexibility index (Phi) is 9.72. The number of piperidine rings is 1. The summed E-state index contributed by atoms with van der Waals surface area (Å²) in [5.74, 6) is 0.891. The highest BCUT2D eigenvalue weighted by molar-refractivity contribution is 7.89. The van der Waals surface area contributed by atoms with Gasteiger partial charge in [0, 0.05) is 36.5 Å². The number of nitrogens with one attached hydrogen (secondary N) is 1. The largest absolute Gasteiger partial charge is 0.489 e. The van der Waals surface area contributed by atoms with Crippen molar-refractivity contribution >= 4 is 22.0 Å². The molecule has 10 nitrogen and oxygen atoms in total. The highest BCUT2D eigenvalue weighted by atomic mass is 32.2. The Labute approximate surface area is 247 Å². The lowest BCUT2D eigenvalue weighted by molar-refractivity contribution is 0.0164. The van der Waals surface area contributed by atoms with Crippen molar-refractivity contribution < 1.29 is 32.2 Å². The zero-order chi connectivity index (χ0) is 30.3. The maximum atomic E-state index is 12.3. The summed E-state index contributed by atoms with van der Waals surface area (Å²) in [6, 6.07) is 18.0. The number of sulfonamides is 1. The number of likely N-dealkylation sites (tertiary alicyclic amines) is 1. The molecule has 1 aliphatic heterocycles. The Balaban J connectivity index is 1.25. The molecule has 1 saturated heterocycles. The number of pyridine rings is 1. The first-order valence-electron chi connectivity index (χ1n) is 13.8. The van der Waals surface area contributed by atoms with E-state index in [9.17, 15) is 18.0 Å². The minimum absolute atomic E-state index is 0.245. The predicted molar refractivity (Wildman–Crippen MR) is 159 cm³/mol. The van der Waals surface area contributed by atoms with Crippen molar-refractivity contribution in [3.05, 3.63) is 78.0 Å². The number of hydrogen-bond acceptors (Lipinski definition) is 8. The van der Waals surface area contributed by atoms with Crippen LogP contribution in [0.1, 0.15) is 49.5 Å². The molecule has 1 aliphatic rings. The van der Waals surface area contributed by atoms with E-state index in [0.29, 0.717) is 37.2 Å². The van der Waals surface area contributed by atoms with E-state index in [0.717, 1.165) is 35.8 Å². The molecule has 0 spiro atoms. The second-order valence-electron chi connectivity index (χ2n) is 11.3. The van der Waals surface area contributed by atoms with Gasteiger partial charge in [0.2, 0.25) is 15.9 Å². The number of nitrogens with zero attached hydrogens (tertiary/aromatic N) is 2. The van der Waals surface area contributed by atoms with Crippen LogP contribution >= 0.6 is 0 Å². The SMILES string of the molecule is CC(C)(C)OC(=O)N1CCC(COc2ccc(-c3cccc(OCc4ccc(C(=O)NS(C)(=O)=O)cc4)c3)cn2)CC1. The van der Waals surface area contributed by atoms with Crippen LogP contribution in [0.4, 0.5) is 4.79 Å². The summed E-state index contributed by atoms with van der Waals surface area (Å²) in [5.41, 5.74) is 2.43. The zero-order valence-corrected chi connectivity index (χ0v) is 25.1. The van der Waals surface area contributed by atoms with Gasteiger partial charge in [0.05, 0.1) is 12.9 Å². The Morgan fingerprint density at radius 1 is 0.976 bits per heavy atom. The third kappa shape index (κ3) is 9.47. The highest BCUT2D eigenvalue weighted by Gasteiger charge is 2.27. The van der Waals surface area contributed by atoms with Gasteiger partial charge in [-0.3, -0.25) is 4.79 Å². The van der Waals surface area contributed by atoms with E-state index < -0.39 is 21.5 Å². The Bertz CT molecular complexity index is 1480. The van der Waals surface area contributed by atoms with E-state index in [-0.39, 0.29) is 18.3 Å². The molecule has 0 saturated carbocycles. The van der Waals surface area contributed by atoms with Gasteiger partial charge < -0.3 is 19.1 Å². The van der Waals surface area contributed by atoms with Crippen LogP contribution in [-0.2, 0) is 21.4 Å². The Morgan fingerprint density at radius 3 is 2.31 bits per heavy atom. The molecule has 1 aromatic heterocycles. The summed E-state index contributed by atoms with van der Waals surface area (Å²) in [7, 11) is -3.62. The lowest BCUT2D eigenvalue weighted by Gasteiger charge is -2.33. The molecule has 224 valence electrons. The molecule has 0 unspecified atom stereocenters. The van der Waals surface area contributed by atoms with Crippen molar-refractivity contribution in [2.45, 2.75) is 45.8 Å². The van der Waals surface area contributed by atoms with Gasteiger partial charge in [-0.25, -0.2) is 22.9 Å². The fourth-order valence-electron chi connectivity index (χ4n) is 4.36. The van der Waals surface area contributed by atoms with E-state index in [1.165, 1.54) is 0 Å². The summed E-state index contributed by atoms with van der Waals surface area (Å²) in [6.07, 6.45) is 4.14. The third-order valence-electron chi connectivity index (χ3n) is 6.54. The lowest BCUT2D eigenvalue weighted by atomic mass is 9.98. The van der Waals surface area contributed by atoms with Crippen LogP contribution in [0.15, 0.2) is 66.9 Å². The zero-order valence-electron chi connectivity index (χ0n) is 24.3. The lowest BCUT2D eigenvalue weighted by Crippen LogP contribution is -2.42. The molecular weight excluding hydrogens is 558 g/mol. The number of amides is 2. The summed E-state index contributed by atoms with van der Waals surface area (Å²) in [6.45, 7) is 7.74. The van der Waals surface area contributed by atoms with Gasteiger partial charge in [-0.1, -0.05) is 24.3 Å². The standard InChI is InChI=1S/C31H37N3O7S/c1-31(2,3)41-30(36)34-16-14-23(15-17-34)21-40-28-13-12-26(19-32-28)25-6-5-7-27(18-25)39-20-22-8-10-24(11-9-22)29(35)33-42(4,37)38/h5-13,18-19,23H,14-17,20-21H2,1-4H3,(H,33,35). The maximum absolute atomic E-state index is 12.3. The summed E-state index contributed by atoms with van der Waals surface area (Å²) in [4.78, 5) is 30.5. The number of ether oxygens (including phenoxy) is 3. The first-order valence-corrected chi connectivity index (χ1v) is 15.6. The highest BCUT2D eigenvalue weighted by Crippen LogP contribution is 2.26.